The standard InChI is InChI=1S/C32H36O8/c1-29(27(37)39-5)11-15-13-7-17(13)32(4)20(15)10-22(24(34)26(32)36)30(2,28(38)40-6)12-16-14-8-18(14)31(3)19(16)9-21(29)23(33)25(31)35/h9-10,13-14,17-18,25-26,35-36H,7-8,11-12H2,1-6H3/t13-,14-,17-,18-,25?,26?,29?,30?,31+,32+/m1/s1. The highest BCUT2D eigenvalue weighted by Crippen LogP contribution is 2.73. The number of hydrogen-bond acceptors (Lipinski definition) is 8. The van der Waals surface area contributed by atoms with E-state index in [0.717, 1.165) is 35.1 Å². The minimum atomic E-state index is -1.38. The summed E-state index contributed by atoms with van der Waals surface area (Å²) in [6, 6.07) is 0. The molecule has 7 rings (SSSR count). The second kappa shape index (κ2) is 7.51. The number of fused-ring (bicyclic) bond motifs is 6. The van der Waals surface area contributed by atoms with Gasteiger partial charge in [0.05, 0.1) is 25.0 Å². The molecule has 212 valence electrons. The zero-order valence-electron chi connectivity index (χ0n) is 23.8. The van der Waals surface area contributed by atoms with Crippen molar-refractivity contribution in [1.82, 2.24) is 0 Å². The Balaban J connectivity index is 1.57. The van der Waals surface area contributed by atoms with Crippen LogP contribution >= 0.6 is 0 Å². The molecule has 2 saturated carbocycles. The van der Waals surface area contributed by atoms with Gasteiger partial charge in [-0.1, -0.05) is 37.1 Å². The molecule has 2 N–H and O–H groups in total. The number of aliphatic hydroxyl groups is 2. The van der Waals surface area contributed by atoms with E-state index in [4.69, 9.17) is 9.47 Å². The summed E-state index contributed by atoms with van der Waals surface area (Å²) in [4.78, 5) is 55.1. The van der Waals surface area contributed by atoms with E-state index in [0.29, 0.717) is 0 Å². The van der Waals surface area contributed by atoms with Crippen molar-refractivity contribution in [1.29, 1.82) is 0 Å². The molecule has 0 spiro atoms. The quantitative estimate of drug-likeness (QED) is 0.505. The molecule has 8 nitrogen and oxygen atoms in total. The number of ketones is 2. The van der Waals surface area contributed by atoms with Gasteiger partial charge in [0.1, 0.15) is 12.2 Å². The fraction of sp³-hybridized carbons (Fsp3) is 0.625. The number of rotatable bonds is 2. The lowest BCUT2D eigenvalue weighted by Crippen LogP contribution is -2.50. The van der Waals surface area contributed by atoms with Crippen LogP contribution in [0.15, 0.2) is 45.6 Å². The highest BCUT2D eigenvalue weighted by atomic mass is 16.5. The number of hydrogen-bond donors (Lipinski definition) is 2. The lowest BCUT2D eigenvalue weighted by molar-refractivity contribution is -0.151. The van der Waals surface area contributed by atoms with Gasteiger partial charge in [0.15, 0.2) is 11.6 Å². The fourth-order valence-corrected chi connectivity index (χ4v) is 9.53. The minimum absolute atomic E-state index is 0.0194. The van der Waals surface area contributed by atoms with E-state index in [1.807, 2.05) is 13.8 Å². The molecule has 7 aliphatic rings. The van der Waals surface area contributed by atoms with Gasteiger partial charge in [0, 0.05) is 22.0 Å². The number of esters is 2. The molecule has 0 aromatic rings. The summed E-state index contributed by atoms with van der Waals surface area (Å²) in [5.41, 5.74) is -0.725. The van der Waals surface area contributed by atoms with Crippen LogP contribution in [0.3, 0.4) is 0 Å². The first-order valence-electron chi connectivity index (χ1n) is 14.2. The van der Waals surface area contributed by atoms with E-state index >= 15 is 0 Å². The Hall–Kier alpha value is -2.84. The van der Waals surface area contributed by atoms with Crippen molar-refractivity contribution in [2.75, 3.05) is 14.2 Å². The summed E-state index contributed by atoms with van der Waals surface area (Å²) >= 11 is 0. The van der Waals surface area contributed by atoms with E-state index in [2.05, 4.69) is 0 Å². The average molecular weight is 549 g/mol. The van der Waals surface area contributed by atoms with Crippen molar-refractivity contribution in [2.24, 2.45) is 45.3 Å². The van der Waals surface area contributed by atoms with Crippen LogP contribution in [0.25, 0.3) is 0 Å². The Morgan fingerprint density at radius 2 is 1.07 bits per heavy atom. The van der Waals surface area contributed by atoms with E-state index < -0.39 is 57.4 Å². The Morgan fingerprint density at radius 1 is 0.725 bits per heavy atom. The molecular formula is C32H36O8. The lowest BCUT2D eigenvalue weighted by Gasteiger charge is -2.44. The van der Waals surface area contributed by atoms with Crippen LogP contribution in [0.1, 0.15) is 53.4 Å². The number of carbonyl (C=O) groups is 4. The number of allylic oxidation sites excluding steroid dienone is 4. The summed E-state index contributed by atoms with van der Waals surface area (Å²) in [5, 5.41) is 23.2. The smallest absolute Gasteiger partial charge is 0.316 e. The number of Topliss-reactive ketones (excluding diaryl/α,β-unsaturated/α-hetero) is 2. The van der Waals surface area contributed by atoms with Crippen LogP contribution < -0.4 is 0 Å². The molecule has 0 aliphatic heterocycles. The average Bonchev–Trinajstić information content (AvgIpc) is 3.84. The monoisotopic (exact) mass is 548 g/mol. The van der Waals surface area contributed by atoms with Gasteiger partial charge < -0.3 is 19.7 Å². The molecule has 0 aromatic heterocycles. The molecule has 10 atom stereocenters. The van der Waals surface area contributed by atoms with Gasteiger partial charge in [-0.2, -0.15) is 0 Å². The maximum absolute atomic E-state index is 14.0. The zero-order chi connectivity index (χ0) is 28.9. The predicted molar refractivity (Wildman–Crippen MR) is 141 cm³/mol. The topological polar surface area (TPSA) is 127 Å². The van der Waals surface area contributed by atoms with Crippen LogP contribution in [0, 0.1) is 45.3 Å². The molecule has 0 saturated heterocycles. The van der Waals surface area contributed by atoms with E-state index in [1.54, 1.807) is 26.0 Å². The van der Waals surface area contributed by atoms with Crippen molar-refractivity contribution in [3.8, 4) is 0 Å². The van der Waals surface area contributed by atoms with Crippen molar-refractivity contribution in [2.45, 2.75) is 65.6 Å². The van der Waals surface area contributed by atoms with Crippen molar-refractivity contribution in [3.05, 3.63) is 45.6 Å². The highest BCUT2D eigenvalue weighted by molar-refractivity contribution is 6.09. The van der Waals surface area contributed by atoms with Gasteiger partial charge in [-0.3, -0.25) is 19.2 Å². The Bertz CT molecular complexity index is 1370. The minimum Gasteiger partial charge on any atom is -0.468 e. The highest BCUT2D eigenvalue weighted by Gasteiger charge is 2.70. The van der Waals surface area contributed by atoms with Gasteiger partial charge in [-0.25, -0.2) is 0 Å². The van der Waals surface area contributed by atoms with E-state index in [-0.39, 0.29) is 47.7 Å². The fourth-order valence-electron chi connectivity index (χ4n) is 9.53. The SMILES string of the molecule is COC(=O)C1(C)CC2=C3C=C(C(=O)C(O)[C@@]3(C)[C@@H]3C[C@H]23)C(C)(C(=O)OC)CC2=C3C=C1C(=O)C(O)[C@@]3(C)[C@@H]1C[C@H]21. The van der Waals surface area contributed by atoms with Gasteiger partial charge in [0.2, 0.25) is 0 Å². The molecule has 7 aliphatic carbocycles. The molecule has 4 unspecified atom stereocenters. The van der Waals surface area contributed by atoms with Crippen molar-refractivity contribution >= 4 is 23.5 Å². The molecular weight excluding hydrogens is 512 g/mol. The molecule has 8 heteroatoms. The van der Waals surface area contributed by atoms with Crippen molar-refractivity contribution in [3.63, 3.8) is 0 Å². The lowest BCUT2D eigenvalue weighted by atomic mass is 9.59. The van der Waals surface area contributed by atoms with Crippen LogP contribution in [0.5, 0.6) is 0 Å². The third-order valence-electron chi connectivity index (χ3n) is 12.2. The molecule has 0 heterocycles. The van der Waals surface area contributed by atoms with Crippen LogP contribution in [-0.4, -0.2) is 60.1 Å². The number of carbonyl (C=O) groups excluding carboxylic acids is 4. The van der Waals surface area contributed by atoms with Gasteiger partial charge >= 0.3 is 11.9 Å². The summed E-state index contributed by atoms with van der Waals surface area (Å²) in [6.07, 6.45) is 2.74. The predicted octanol–water partition coefficient (Wildman–Crippen LogP) is 2.78. The molecule has 0 radical (unpaired) electrons. The van der Waals surface area contributed by atoms with Gasteiger partial charge in [-0.15, -0.1) is 0 Å². The Labute approximate surface area is 233 Å². The first-order chi connectivity index (χ1) is 18.7. The van der Waals surface area contributed by atoms with E-state index in [9.17, 15) is 29.4 Å². The second-order valence-electron chi connectivity index (χ2n) is 14.0. The third kappa shape index (κ3) is 2.70. The molecule has 2 fully saturated rings. The first kappa shape index (κ1) is 26.1. The Morgan fingerprint density at radius 3 is 1.40 bits per heavy atom. The largest absolute Gasteiger partial charge is 0.468 e. The van der Waals surface area contributed by atoms with Gasteiger partial charge in [0.25, 0.3) is 0 Å². The summed E-state index contributed by atoms with van der Waals surface area (Å²) < 4.78 is 10.6. The molecule has 0 aromatic carbocycles. The Kier molecular flexibility index (Phi) is 4.90. The van der Waals surface area contributed by atoms with Crippen LogP contribution in [0.2, 0.25) is 0 Å². The van der Waals surface area contributed by atoms with E-state index in [1.165, 1.54) is 14.2 Å². The maximum Gasteiger partial charge on any atom is 0.316 e. The summed E-state index contributed by atoms with van der Waals surface area (Å²) in [7, 11) is 2.60. The molecule has 40 heavy (non-hydrogen) atoms. The third-order valence-corrected chi connectivity index (χ3v) is 12.2. The normalized spacial score (nSPS) is 47.9. The number of ether oxygens (including phenoxy) is 2. The summed E-state index contributed by atoms with van der Waals surface area (Å²) in [6.45, 7) is 7.18. The number of methoxy groups -OCH3 is 2. The van der Waals surface area contributed by atoms with Gasteiger partial charge in [-0.05, 0) is 74.3 Å². The van der Waals surface area contributed by atoms with Crippen LogP contribution in [0.4, 0.5) is 0 Å². The maximum atomic E-state index is 14.0. The zero-order valence-corrected chi connectivity index (χ0v) is 23.8. The summed E-state index contributed by atoms with van der Waals surface area (Å²) in [5.74, 6) is -1.95. The molecule has 4 bridgehead atoms. The van der Waals surface area contributed by atoms with Crippen molar-refractivity contribution < 1.29 is 38.9 Å². The second-order valence-corrected chi connectivity index (χ2v) is 14.0. The molecule has 0 amide bonds. The first-order valence-corrected chi connectivity index (χ1v) is 14.2. The van der Waals surface area contributed by atoms with Crippen LogP contribution in [-0.2, 0) is 28.7 Å². The number of aliphatic hydroxyl groups excluding tert-OH is 2.